The minimum atomic E-state index is -0.851. The number of phenolic OH excluding ortho intramolecular Hbond substituents is 1. The van der Waals surface area contributed by atoms with E-state index >= 15 is 0 Å². The molecule has 2 N–H and O–H groups in total. The summed E-state index contributed by atoms with van der Waals surface area (Å²) in [5, 5.41) is 21.2. The van der Waals surface area contributed by atoms with Gasteiger partial charge in [-0.25, -0.2) is 0 Å². The van der Waals surface area contributed by atoms with E-state index in [1.807, 2.05) is 58.9 Å². The summed E-state index contributed by atoms with van der Waals surface area (Å²) in [7, 11) is 0. The number of carbonyl (C=O) groups excluding carboxylic acids is 2. The lowest BCUT2D eigenvalue weighted by Gasteiger charge is -2.26. The summed E-state index contributed by atoms with van der Waals surface area (Å²) in [5.41, 5.74) is 1.40. The van der Waals surface area contributed by atoms with Gasteiger partial charge in [0.2, 0.25) is 0 Å². The first-order chi connectivity index (χ1) is 18.4. The fourth-order valence-electron chi connectivity index (χ4n) is 4.41. The first kappa shape index (κ1) is 27.8. The monoisotopic (exact) mass is 529 g/mol. The van der Waals surface area contributed by atoms with Crippen LogP contribution < -0.4 is 9.47 Å². The van der Waals surface area contributed by atoms with Gasteiger partial charge in [-0.3, -0.25) is 9.59 Å². The number of hydrogen-bond donors (Lipinski definition) is 2. The Hall–Kier alpha value is -4.26. The lowest BCUT2D eigenvalue weighted by molar-refractivity contribution is -0.140. The minimum absolute atomic E-state index is 0.0145. The maximum Gasteiger partial charge on any atom is 0.295 e. The van der Waals surface area contributed by atoms with Gasteiger partial charge in [0.05, 0.1) is 18.2 Å². The summed E-state index contributed by atoms with van der Waals surface area (Å²) in [4.78, 5) is 28.2. The van der Waals surface area contributed by atoms with Crippen LogP contribution in [0.15, 0.2) is 78.4 Å². The number of aromatic hydroxyl groups is 1. The average molecular weight is 530 g/mol. The molecule has 7 heteroatoms. The zero-order valence-corrected chi connectivity index (χ0v) is 23.0. The molecule has 4 rings (SSSR count). The molecule has 1 aliphatic rings. The molecule has 3 aromatic carbocycles. The van der Waals surface area contributed by atoms with Crippen molar-refractivity contribution in [2.24, 2.45) is 5.92 Å². The lowest BCUT2D eigenvalue weighted by Crippen LogP contribution is -2.29. The zero-order valence-electron chi connectivity index (χ0n) is 23.0. The molecule has 39 heavy (non-hydrogen) atoms. The highest BCUT2D eigenvalue weighted by Crippen LogP contribution is 2.41. The molecule has 1 fully saturated rings. The van der Waals surface area contributed by atoms with Gasteiger partial charge in [-0.1, -0.05) is 50.2 Å². The number of hydrogen-bond acceptors (Lipinski definition) is 6. The zero-order chi connectivity index (χ0) is 28.3. The third kappa shape index (κ3) is 6.60. The molecule has 0 aliphatic carbocycles. The van der Waals surface area contributed by atoms with Crippen molar-refractivity contribution in [1.82, 2.24) is 4.90 Å². The molecular formula is C32H35NO6. The van der Waals surface area contributed by atoms with Crippen LogP contribution in [0.3, 0.4) is 0 Å². The van der Waals surface area contributed by atoms with E-state index in [9.17, 15) is 19.8 Å². The molecule has 1 unspecified atom stereocenters. The number of nitrogens with zero attached hydrogens (tertiary/aromatic N) is 1. The number of ketones is 1. The Balaban J connectivity index is 1.73. The van der Waals surface area contributed by atoms with Crippen LogP contribution >= 0.6 is 0 Å². The maximum absolute atomic E-state index is 13.4. The van der Waals surface area contributed by atoms with E-state index in [1.165, 1.54) is 17.0 Å². The van der Waals surface area contributed by atoms with Crippen molar-refractivity contribution in [3.63, 3.8) is 0 Å². The van der Waals surface area contributed by atoms with Crippen LogP contribution in [0.1, 0.15) is 57.4 Å². The molecule has 0 spiro atoms. The normalized spacial score (nSPS) is 17.1. The predicted molar refractivity (Wildman–Crippen MR) is 150 cm³/mol. The summed E-state index contributed by atoms with van der Waals surface area (Å²) in [6, 6.07) is 19.6. The quantitative estimate of drug-likeness (QED) is 0.204. The Kier molecular flexibility index (Phi) is 8.00. The molecule has 7 nitrogen and oxygen atoms in total. The van der Waals surface area contributed by atoms with Crippen molar-refractivity contribution >= 4 is 17.4 Å². The van der Waals surface area contributed by atoms with E-state index in [-0.39, 0.29) is 29.2 Å². The van der Waals surface area contributed by atoms with E-state index < -0.39 is 17.7 Å². The fourth-order valence-corrected chi connectivity index (χ4v) is 4.41. The smallest absolute Gasteiger partial charge is 0.295 e. The van der Waals surface area contributed by atoms with Gasteiger partial charge in [-0.05, 0) is 74.2 Å². The molecule has 1 saturated heterocycles. The number of rotatable bonds is 8. The standard InChI is InChI=1S/C32H35NO6/c1-20(2)19-38-26-8-6-7-23(17-26)29(35)27-28(22-11-13-24(34)14-12-22)33(31(37)30(27)36)18-21-9-15-25(16-10-21)39-32(3,4)5/h6-17,20,28,34-35H,18-19H2,1-5H3/b29-27-. The van der Waals surface area contributed by atoms with E-state index in [2.05, 4.69) is 0 Å². The van der Waals surface area contributed by atoms with Gasteiger partial charge >= 0.3 is 0 Å². The van der Waals surface area contributed by atoms with E-state index in [1.54, 1.807) is 36.4 Å². The molecule has 1 heterocycles. The number of phenols is 1. The number of likely N-dealkylation sites (tertiary alicyclic amines) is 1. The van der Waals surface area contributed by atoms with Gasteiger partial charge < -0.3 is 24.6 Å². The highest BCUT2D eigenvalue weighted by molar-refractivity contribution is 6.46. The molecule has 204 valence electrons. The van der Waals surface area contributed by atoms with Crippen LogP contribution in [-0.2, 0) is 16.1 Å². The fraction of sp³-hybridized carbons (Fsp3) is 0.312. The molecule has 1 atom stereocenters. The van der Waals surface area contributed by atoms with Crippen molar-refractivity contribution < 1.29 is 29.3 Å². The largest absolute Gasteiger partial charge is 0.508 e. The van der Waals surface area contributed by atoms with Gasteiger partial charge in [0.1, 0.15) is 28.6 Å². The first-order valence-electron chi connectivity index (χ1n) is 13.0. The minimum Gasteiger partial charge on any atom is -0.508 e. The number of Topliss-reactive ketones (excluding diaryl/α,β-unsaturated/α-hetero) is 1. The van der Waals surface area contributed by atoms with Gasteiger partial charge in [0.15, 0.2) is 0 Å². The third-order valence-electron chi connectivity index (χ3n) is 6.14. The van der Waals surface area contributed by atoms with Crippen LogP contribution in [0.5, 0.6) is 17.2 Å². The van der Waals surface area contributed by atoms with Gasteiger partial charge in [-0.15, -0.1) is 0 Å². The van der Waals surface area contributed by atoms with Crippen molar-refractivity contribution in [3.8, 4) is 17.2 Å². The second kappa shape index (κ2) is 11.2. The second-order valence-corrected chi connectivity index (χ2v) is 11.1. The molecular weight excluding hydrogens is 494 g/mol. The Morgan fingerprint density at radius 2 is 1.62 bits per heavy atom. The number of ether oxygens (including phenoxy) is 2. The highest BCUT2D eigenvalue weighted by Gasteiger charge is 2.46. The summed E-state index contributed by atoms with van der Waals surface area (Å²) < 4.78 is 11.7. The van der Waals surface area contributed by atoms with E-state index in [4.69, 9.17) is 9.47 Å². The van der Waals surface area contributed by atoms with E-state index in [0.29, 0.717) is 35.2 Å². The number of aliphatic hydroxyl groups excluding tert-OH is 1. The lowest BCUT2D eigenvalue weighted by atomic mass is 9.95. The molecule has 1 amide bonds. The SMILES string of the molecule is CC(C)COc1cccc(/C(O)=C2/C(=O)C(=O)N(Cc3ccc(OC(C)(C)C)cc3)C2c2ccc(O)cc2)c1. The Bertz CT molecular complexity index is 1370. The third-order valence-corrected chi connectivity index (χ3v) is 6.14. The Morgan fingerprint density at radius 3 is 2.23 bits per heavy atom. The number of amides is 1. The van der Waals surface area contributed by atoms with Crippen LogP contribution in [0.4, 0.5) is 0 Å². The average Bonchev–Trinajstić information content (AvgIpc) is 3.13. The first-order valence-corrected chi connectivity index (χ1v) is 13.0. The summed E-state index contributed by atoms with van der Waals surface area (Å²) >= 11 is 0. The molecule has 3 aromatic rings. The molecule has 0 aromatic heterocycles. The van der Waals surface area contributed by atoms with E-state index in [0.717, 1.165) is 5.56 Å². The number of aliphatic hydroxyl groups is 1. The summed E-state index contributed by atoms with van der Waals surface area (Å²) in [6.07, 6.45) is 0. The topological polar surface area (TPSA) is 96.3 Å². The van der Waals surface area contributed by atoms with Crippen LogP contribution in [0, 0.1) is 5.92 Å². The molecule has 0 radical (unpaired) electrons. The highest BCUT2D eigenvalue weighted by atomic mass is 16.5. The number of benzene rings is 3. The van der Waals surface area contributed by atoms with Crippen molar-refractivity contribution in [2.45, 2.75) is 52.8 Å². The van der Waals surface area contributed by atoms with Crippen LogP contribution in [0.25, 0.3) is 5.76 Å². The Morgan fingerprint density at radius 1 is 0.949 bits per heavy atom. The second-order valence-electron chi connectivity index (χ2n) is 11.1. The molecule has 1 aliphatic heterocycles. The molecule has 0 saturated carbocycles. The van der Waals surface area contributed by atoms with Gasteiger partial charge in [0.25, 0.3) is 11.7 Å². The van der Waals surface area contributed by atoms with Gasteiger partial charge in [0, 0.05) is 12.1 Å². The van der Waals surface area contributed by atoms with Crippen LogP contribution in [-0.4, -0.2) is 39.0 Å². The van der Waals surface area contributed by atoms with Crippen molar-refractivity contribution in [3.05, 3.63) is 95.1 Å². The summed E-state index contributed by atoms with van der Waals surface area (Å²) in [5.74, 6) is -0.138. The maximum atomic E-state index is 13.4. The molecule has 0 bridgehead atoms. The Labute approximate surface area is 229 Å². The van der Waals surface area contributed by atoms with Crippen LogP contribution in [0.2, 0.25) is 0 Å². The summed E-state index contributed by atoms with van der Waals surface area (Å²) in [6.45, 7) is 10.6. The van der Waals surface area contributed by atoms with Gasteiger partial charge in [-0.2, -0.15) is 0 Å². The van der Waals surface area contributed by atoms with Crippen molar-refractivity contribution in [1.29, 1.82) is 0 Å². The number of carbonyl (C=O) groups is 2. The predicted octanol–water partition coefficient (Wildman–Crippen LogP) is 6.23. The van der Waals surface area contributed by atoms with Crippen molar-refractivity contribution in [2.75, 3.05) is 6.61 Å².